The van der Waals surface area contributed by atoms with E-state index < -0.39 is 23.7 Å². The molecule has 31 heavy (non-hydrogen) atoms. The van der Waals surface area contributed by atoms with Crippen LogP contribution < -0.4 is 5.32 Å². The summed E-state index contributed by atoms with van der Waals surface area (Å²) in [5.41, 5.74) is 0.645. The summed E-state index contributed by atoms with van der Waals surface area (Å²) in [7, 11) is 0. The third-order valence-corrected chi connectivity index (χ3v) is 5.71. The van der Waals surface area contributed by atoms with Crippen molar-refractivity contribution in [2.75, 3.05) is 32.8 Å². The molecule has 8 nitrogen and oxygen atoms in total. The molecule has 1 atom stereocenters. The van der Waals surface area contributed by atoms with Gasteiger partial charge in [0.25, 0.3) is 0 Å². The molecule has 3 amide bonds. The Morgan fingerprint density at radius 3 is 2.26 bits per heavy atom. The number of nitrogens with zero attached hydrogens (tertiary/aromatic N) is 2. The zero-order valence-electron chi connectivity index (χ0n) is 17.3. The van der Waals surface area contributed by atoms with Gasteiger partial charge in [-0.25, -0.2) is 9.59 Å². The van der Waals surface area contributed by atoms with Gasteiger partial charge in [-0.3, -0.25) is 9.69 Å². The minimum absolute atomic E-state index is 0.199. The number of fused-ring (bicyclic) bond motifs is 1. The minimum atomic E-state index is -1.04. The van der Waals surface area contributed by atoms with Gasteiger partial charge < -0.3 is 19.7 Å². The van der Waals surface area contributed by atoms with E-state index in [1.165, 1.54) is 0 Å². The molecule has 4 rings (SSSR count). The normalized spacial score (nSPS) is 19.4. The van der Waals surface area contributed by atoms with Gasteiger partial charge in [0.05, 0.1) is 6.61 Å². The summed E-state index contributed by atoms with van der Waals surface area (Å²) in [4.78, 5) is 40.5. The van der Waals surface area contributed by atoms with E-state index in [4.69, 9.17) is 9.47 Å². The van der Waals surface area contributed by atoms with Gasteiger partial charge in [-0.2, -0.15) is 0 Å². The molecule has 1 unspecified atom stereocenters. The van der Waals surface area contributed by atoms with Crippen molar-refractivity contribution in [1.82, 2.24) is 15.1 Å². The Balaban J connectivity index is 1.64. The standard InChI is InChI=1S/C23H25N3O5/c1-2-30-20(27)15-24-21(28)25-13-14-26-19(16-25)23(31-22(26)29,17-9-5-3-6-10-17)18-11-7-4-8-12-18/h3-12,19H,2,13-16H2,1H3,(H,24,28). The number of urea groups is 1. The van der Waals surface area contributed by atoms with Gasteiger partial charge in [-0.05, 0) is 6.92 Å². The fraction of sp³-hybridized carbons (Fsp3) is 0.348. The molecular weight excluding hydrogens is 398 g/mol. The van der Waals surface area contributed by atoms with Crippen LogP contribution >= 0.6 is 0 Å². The highest BCUT2D eigenvalue weighted by Crippen LogP contribution is 2.45. The molecule has 0 radical (unpaired) electrons. The van der Waals surface area contributed by atoms with Gasteiger partial charge in [0, 0.05) is 30.8 Å². The molecule has 2 aromatic rings. The largest absolute Gasteiger partial charge is 0.465 e. The molecule has 162 valence electrons. The van der Waals surface area contributed by atoms with E-state index in [0.717, 1.165) is 11.1 Å². The lowest BCUT2D eigenvalue weighted by atomic mass is 9.79. The molecule has 0 bridgehead atoms. The Kier molecular flexibility index (Phi) is 5.79. The number of hydrogen-bond acceptors (Lipinski definition) is 5. The maximum atomic E-state index is 12.9. The number of amides is 3. The maximum absolute atomic E-state index is 12.9. The first-order chi connectivity index (χ1) is 15.1. The number of carbonyl (C=O) groups is 3. The van der Waals surface area contributed by atoms with E-state index in [1.807, 2.05) is 60.7 Å². The van der Waals surface area contributed by atoms with Crippen molar-refractivity contribution in [3.63, 3.8) is 0 Å². The fourth-order valence-corrected chi connectivity index (χ4v) is 4.31. The molecule has 0 aromatic heterocycles. The number of rotatable bonds is 5. The molecule has 0 spiro atoms. The van der Waals surface area contributed by atoms with Gasteiger partial charge in [0.2, 0.25) is 0 Å². The van der Waals surface area contributed by atoms with Crippen LogP contribution in [0.1, 0.15) is 18.1 Å². The Hall–Kier alpha value is -3.55. The summed E-state index contributed by atoms with van der Waals surface area (Å²) >= 11 is 0. The number of carbonyl (C=O) groups excluding carboxylic acids is 3. The fourth-order valence-electron chi connectivity index (χ4n) is 4.31. The SMILES string of the molecule is CCOC(=O)CNC(=O)N1CCN2C(=O)OC(c3ccccc3)(c3ccccc3)C2C1. The Morgan fingerprint density at radius 2 is 1.68 bits per heavy atom. The van der Waals surface area contributed by atoms with Crippen molar-refractivity contribution >= 4 is 18.1 Å². The number of hydrogen-bond donors (Lipinski definition) is 1. The smallest absolute Gasteiger partial charge is 0.411 e. The van der Waals surface area contributed by atoms with Crippen molar-refractivity contribution in [3.05, 3.63) is 71.8 Å². The number of benzene rings is 2. The quantitative estimate of drug-likeness (QED) is 0.746. The van der Waals surface area contributed by atoms with E-state index in [1.54, 1.807) is 16.7 Å². The van der Waals surface area contributed by atoms with Crippen LogP contribution in [0.15, 0.2) is 60.7 Å². The second kappa shape index (κ2) is 8.67. The number of nitrogens with one attached hydrogen (secondary N) is 1. The lowest BCUT2D eigenvalue weighted by Gasteiger charge is -2.42. The van der Waals surface area contributed by atoms with Crippen LogP contribution in [0.2, 0.25) is 0 Å². The summed E-state index contributed by atoms with van der Waals surface area (Å²) in [6.07, 6.45) is -0.399. The van der Waals surface area contributed by atoms with E-state index >= 15 is 0 Å². The van der Waals surface area contributed by atoms with Crippen LogP contribution in [0.4, 0.5) is 9.59 Å². The van der Waals surface area contributed by atoms with Crippen LogP contribution in [-0.2, 0) is 19.9 Å². The summed E-state index contributed by atoms with van der Waals surface area (Å²) in [5, 5.41) is 2.60. The monoisotopic (exact) mass is 423 g/mol. The Labute approximate surface area is 180 Å². The average Bonchev–Trinajstić information content (AvgIpc) is 3.11. The van der Waals surface area contributed by atoms with Crippen LogP contribution in [0.5, 0.6) is 0 Å². The lowest BCUT2D eigenvalue weighted by molar-refractivity contribution is -0.141. The summed E-state index contributed by atoms with van der Waals surface area (Å²) in [6, 6.07) is 18.4. The van der Waals surface area contributed by atoms with Gasteiger partial charge >= 0.3 is 18.1 Å². The van der Waals surface area contributed by atoms with Crippen LogP contribution in [0, 0.1) is 0 Å². The van der Waals surface area contributed by atoms with Crippen molar-refractivity contribution in [1.29, 1.82) is 0 Å². The molecular formula is C23H25N3O5. The van der Waals surface area contributed by atoms with E-state index in [9.17, 15) is 14.4 Å². The predicted octanol–water partition coefficient (Wildman–Crippen LogP) is 2.34. The lowest BCUT2D eigenvalue weighted by Crippen LogP contribution is -2.60. The zero-order chi connectivity index (χ0) is 21.8. The molecule has 1 N–H and O–H groups in total. The summed E-state index contributed by atoms with van der Waals surface area (Å²) in [5.74, 6) is -0.489. The van der Waals surface area contributed by atoms with Crippen molar-refractivity contribution in [3.8, 4) is 0 Å². The molecule has 2 saturated heterocycles. The van der Waals surface area contributed by atoms with Crippen LogP contribution in [-0.4, -0.2) is 66.7 Å². The molecule has 2 heterocycles. The first-order valence-corrected chi connectivity index (χ1v) is 10.4. The topological polar surface area (TPSA) is 88.2 Å². The molecule has 2 fully saturated rings. The minimum Gasteiger partial charge on any atom is -0.465 e. The van der Waals surface area contributed by atoms with Gasteiger partial charge in [-0.1, -0.05) is 60.7 Å². The summed E-state index contributed by atoms with van der Waals surface area (Å²) in [6.45, 7) is 2.73. The summed E-state index contributed by atoms with van der Waals surface area (Å²) < 4.78 is 10.9. The Bertz CT molecular complexity index is 911. The van der Waals surface area contributed by atoms with Crippen LogP contribution in [0.3, 0.4) is 0 Å². The molecule has 2 aliphatic heterocycles. The van der Waals surface area contributed by atoms with Gasteiger partial charge in [0.1, 0.15) is 12.6 Å². The van der Waals surface area contributed by atoms with Crippen molar-refractivity contribution in [2.45, 2.75) is 18.6 Å². The molecule has 2 aliphatic rings. The number of cyclic esters (lactones) is 1. The van der Waals surface area contributed by atoms with Gasteiger partial charge in [-0.15, -0.1) is 0 Å². The Morgan fingerprint density at radius 1 is 1.06 bits per heavy atom. The highest BCUT2D eigenvalue weighted by Gasteiger charge is 2.58. The molecule has 8 heteroatoms. The third-order valence-electron chi connectivity index (χ3n) is 5.71. The van der Waals surface area contributed by atoms with E-state index in [0.29, 0.717) is 13.1 Å². The van der Waals surface area contributed by atoms with Crippen molar-refractivity contribution in [2.24, 2.45) is 0 Å². The highest BCUT2D eigenvalue weighted by molar-refractivity contribution is 5.81. The average molecular weight is 423 g/mol. The predicted molar refractivity (Wildman–Crippen MR) is 112 cm³/mol. The van der Waals surface area contributed by atoms with Gasteiger partial charge in [0.15, 0.2) is 5.60 Å². The molecule has 0 aliphatic carbocycles. The second-order valence-corrected chi connectivity index (χ2v) is 7.45. The zero-order valence-corrected chi connectivity index (χ0v) is 17.3. The highest BCUT2D eigenvalue weighted by atomic mass is 16.6. The third kappa shape index (κ3) is 3.81. The number of esters is 1. The van der Waals surface area contributed by atoms with Crippen molar-refractivity contribution < 1.29 is 23.9 Å². The number of piperazine rings is 1. The van der Waals surface area contributed by atoms with E-state index in [-0.39, 0.29) is 25.7 Å². The second-order valence-electron chi connectivity index (χ2n) is 7.45. The van der Waals surface area contributed by atoms with E-state index in [2.05, 4.69) is 5.32 Å². The molecule has 2 aromatic carbocycles. The molecule has 0 saturated carbocycles. The van der Waals surface area contributed by atoms with Crippen LogP contribution in [0.25, 0.3) is 0 Å². The first-order valence-electron chi connectivity index (χ1n) is 10.4. The number of ether oxygens (including phenoxy) is 2. The first kappa shape index (κ1) is 20.7. The maximum Gasteiger partial charge on any atom is 0.411 e.